The van der Waals surface area contributed by atoms with E-state index in [1.165, 1.54) is 17.0 Å². The van der Waals surface area contributed by atoms with Crippen LogP contribution in [-0.2, 0) is 0 Å². The number of benzene rings is 1. The summed E-state index contributed by atoms with van der Waals surface area (Å²) in [4.78, 5) is 7.23. The van der Waals surface area contributed by atoms with Crippen molar-refractivity contribution in [2.45, 2.75) is 6.43 Å². The summed E-state index contributed by atoms with van der Waals surface area (Å²) in [5.41, 5.74) is 2.21. The third-order valence-electron chi connectivity index (χ3n) is 3.38. The van der Waals surface area contributed by atoms with Gasteiger partial charge in [-0.2, -0.15) is 5.10 Å². The van der Waals surface area contributed by atoms with Gasteiger partial charge in [-0.05, 0) is 30.3 Å². The van der Waals surface area contributed by atoms with E-state index in [2.05, 4.69) is 15.1 Å². The predicted octanol–water partition coefficient (Wildman–Crippen LogP) is 3.95. The molecule has 1 aromatic carbocycles. The van der Waals surface area contributed by atoms with Crippen molar-refractivity contribution in [3.63, 3.8) is 0 Å². The number of para-hydroxylation sites is 1. The summed E-state index contributed by atoms with van der Waals surface area (Å²) in [5.74, 6) is 0.465. The Hall–Kier alpha value is -2.96. The highest BCUT2D eigenvalue weighted by molar-refractivity contribution is 5.84. The average Bonchev–Trinajstić information content (AvgIpc) is 3.25. The Morgan fingerprint density at radius 3 is 2.86 bits per heavy atom. The number of hydrogen-bond donors (Lipinski definition) is 1. The molecule has 0 fully saturated rings. The molecule has 0 atom stereocenters. The molecule has 0 aliphatic rings. The van der Waals surface area contributed by atoms with Gasteiger partial charge < -0.3 is 9.40 Å². The molecule has 7 heteroatoms. The molecule has 0 amide bonds. The van der Waals surface area contributed by atoms with E-state index in [1.54, 1.807) is 24.5 Å². The molecular weight excluding hydrogens is 290 g/mol. The van der Waals surface area contributed by atoms with Gasteiger partial charge in [0.1, 0.15) is 16.9 Å². The summed E-state index contributed by atoms with van der Waals surface area (Å²) in [6.07, 6.45) is 0.385. The Labute approximate surface area is 123 Å². The van der Waals surface area contributed by atoms with Gasteiger partial charge in [0.2, 0.25) is 0 Å². The zero-order valence-electron chi connectivity index (χ0n) is 11.2. The third-order valence-corrected chi connectivity index (χ3v) is 3.38. The minimum atomic E-state index is -2.66. The van der Waals surface area contributed by atoms with E-state index in [0.717, 1.165) is 5.52 Å². The Balaban J connectivity index is 1.99. The number of hydrogen-bond acceptors (Lipinski definition) is 3. The van der Waals surface area contributed by atoms with Crippen LogP contribution >= 0.6 is 0 Å². The summed E-state index contributed by atoms with van der Waals surface area (Å²) >= 11 is 0. The lowest BCUT2D eigenvalue weighted by Crippen LogP contribution is -2.00. The Kier molecular flexibility index (Phi) is 2.78. The Morgan fingerprint density at radius 1 is 1.18 bits per heavy atom. The van der Waals surface area contributed by atoms with Crippen LogP contribution < -0.4 is 0 Å². The van der Waals surface area contributed by atoms with Gasteiger partial charge >= 0.3 is 0 Å². The van der Waals surface area contributed by atoms with Crippen molar-refractivity contribution in [2.24, 2.45) is 0 Å². The molecule has 0 aliphatic carbocycles. The fourth-order valence-corrected chi connectivity index (χ4v) is 2.41. The number of nitrogens with one attached hydrogen (secondary N) is 1. The molecule has 4 rings (SSSR count). The van der Waals surface area contributed by atoms with Crippen molar-refractivity contribution in [1.82, 2.24) is 19.7 Å². The number of aromatic nitrogens is 4. The number of alkyl halides is 2. The van der Waals surface area contributed by atoms with Gasteiger partial charge in [-0.1, -0.05) is 6.07 Å². The number of halogens is 2. The van der Waals surface area contributed by atoms with Crippen LogP contribution in [0.4, 0.5) is 8.78 Å². The summed E-state index contributed by atoms with van der Waals surface area (Å²) < 4.78 is 32.9. The van der Waals surface area contributed by atoms with E-state index >= 15 is 0 Å². The summed E-state index contributed by atoms with van der Waals surface area (Å²) in [7, 11) is 0. The molecule has 4 aromatic rings. The fraction of sp³-hybridized carbons (Fsp3) is 0.0667. The van der Waals surface area contributed by atoms with Crippen LogP contribution in [0, 0.1) is 0 Å². The molecule has 0 radical (unpaired) electrons. The molecule has 0 aliphatic heterocycles. The van der Waals surface area contributed by atoms with Gasteiger partial charge in [0.05, 0.1) is 23.8 Å². The van der Waals surface area contributed by atoms with Crippen molar-refractivity contribution in [1.29, 1.82) is 0 Å². The van der Waals surface area contributed by atoms with Crippen LogP contribution in [0.5, 0.6) is 0 Å². The first-order valence-electron chi connectivity index (χ1n) is 6.58. The smallest absolute Gasteiger partial charge is 0.282 e. The van der Waals surface area contributed by atoms with Crippen LogP contribution in [-0.4, -0.2) is 19.7 Å². The second-order valence-electron chi connectivity index (χ2n) is 4.72. The standard InChI is InChI=1S/C15H10F2N4O/c16-15(17)10-7-12(13-5-2-6-22-13)21(20-10)11-4-1-3-9-14(11)19-8-18-9/h1-8,15H,(H,18,19). The maximum Gasteiger partial charge on any atom is 0.282 e. The lowest BCUT2D eigenvalue weighted by Gasteiger charge is -2.06. The van der Waals surface area contributed by atoms with Gasteiger partial charge in [0, 0.05) is 0 Å². The van der Waals surface area contributed by atoms with Crippen molar-refractivity contribution >= 4 is 11.0 Å². The molecule has 0 spiro atoms. The second-order valence-corrected chi connectivity index (χ2v) is 4.72. The van der Waals surface area contributed by atoms with Crippen LogP contribution in [0.3, 0.4) is 0 Å². The monoisotopic (exact) mass is 300 g/mol. The molecule has 5 nitrogen and oxygen atoms in total. The molecule has 3 aromatic heterocycles. The van der Waals surface area contributed by atoms with Crippen LogP contribution in [0.2, 0.25) is 0 Å². The van der Waals surface area contributed by atoms with E-state index in [9.17, 15) is 8.78 Å². The van der Waals surface area contributed by atoms with Gasteiger partial charge in [0.15, 0.2) is 5.76 Å². The van der Waals surface area contributed by atoms with Gasteiger partial charge in [-0.25, -0.2) is 18.4 Å². The highest BCUT2D eigenvalue weighted by atomic mass is 19.3. The van der Waals surface area contributed by atoms with E-state index < -0.39 is 6.43 Å². The average molecular weight is 300 g/mol. The zero-order valence-corrected chi connectivity index (χ0v) is 11.2. The fourth-order valence-electron chi connectivity index (χ4n) is 2.41. The highest BCUT2D eigenvalue weighted by Crippen LogP contribution is 2.30. The second kappa shape index (κ2) is 4.80. The maximum absolute atomic E-state index is 13.0. The number of furan rings is 1. The molecule has 3 heterocycles. The lowest BCUT2D eigenvalue weighted by atomic mass is 10.2. The van der Waals surface area contributed by atoms with E-state index in [4.69, 9.17) is 4.42 Å². The first-order chi connectivity index (χ1) is 10.7. The molecule has 0 saturated heterocycles. The summed E-state index contributed by atoms with van der Waals surface area (Å²) in [5, 5.41) is 4.02. The number of fused-ring (bicyclic) bond motifs is 1. The number of aromatic amines is 1. The van der Waals surface area contributed by atoms with E-state index in [1.807, 2.05) is 12.1 Å². The minimum Gasteiger partial charge on any atom is -0.463 e. The SMILES string of the molecule is FC(F)c1cc(-c2ccco2)n(-c2cccc3[nH]cnc23)n1. The Morgan fingerprint density at radius 2 is 2.09 bits per heavy atom. The van der Waals surface area contributed by atoms with E-state index in [-0.39, 0.29) is 5.69 Å². The Bertz CT molecular complexity index is 924. The summed E-state index contributed by atoms with van der Waals surface area (Å²) in [6.45, 7) is 0. The molecule has 0 bridgehead atoms. The number of H-pyrrole nitrogens is 1. The first-order valence-corrected chi connectivity index (χ1v) is 6.58. The molecule has 110 valence electrons. The van der Waals surface area contributed by atoms with Gasteiger partial charge in [-0.15, -0.1) is 0 Å². The molecule has 0 unspecified atom stereocenters. The van der Waals surface area contributed by atoms with Crippen LogP contribution in [0.1, 0.15) is 12.1 Å². The molecule has 22 heavy (non-hydrogen) atoms. The normalized spacial score (nSPS) is 11.6. The van der Waals surface area contributed by atoms with Gasteiger partial charge in [0.25, 0.3) is 6.43 Å². The third kappa shape index (κ3) is 1.90. The van der Waals surface area contributed by atoms with Crippen LogP contribution in [0.25, 0.3) is 28.2 Å². The van der Waals surface area contributed by atoms with E-state index in [0.29, 0.717) is 22.7 Å². The zero-order chi connectivity index (χ0) is 15.1. The first kappa shape index (κ1) is 12.8. The number of nitrogens with zero attached hydrogens (tertiary/aromatic N) is 3. The molecule has 1 N–H and O–H groups in total. The topological polar surface area (TPSA) is 59.6 Å². The maximum atomic E-state index is 13.0. The predicted molar refractivity (Wildman–Crippen MR) is 75.9 cm³/mol. The molecule has 0 saturated carbocycles. The number of imidazole rings is 1. The largest absolute Gasteiger partial charge is 0.463 e. The molecular formula is C15H10F2N4O. The van der Waals surface area contributed by atoms with Crippen molar-refractivity contribution in [2.75, 3.05) is 0 Å². The quantitative estimate of drug-likeness (QED) is 0.623. The highest BCUT2D eigenvalue weighted by Gasteiger charge is 2.20. The summed E-state index contributed by atoms with van der Waals surface area (Å²) in [6, 6.07) is 10.2. The van der Waals surface area contributed by atoms with Gasteiger partial charge in [-0.3, -0.25) is 0 Å². The van der Waals surface area contributed by atoms with Crippen molar-refractivity contribution < 1.29 is 13.2 Å². The number of rotatable bonds is 3. The van der Waals surface area contributed by atoms with Crippen molar-refractivity contribution in [3.05, 3.63) is 54.7 Å². The van der Waals surface area contributed by atoms with Crippen molar-refractivity contribution in [3.8, 4) is 17.1 Å². The van der Waals surface area contributed by atoms with Crippen LogP contribution in [0.15, 0.2) is 53.4 Å². The lowest BCUT2D eigenvalue weighted by molar-refractivity contribution is 0.145. The minimum absolute atomic E-state index is 0.307.